The first kappa shape index (κ1) is 18.4. The topological polar surface area (TPSA) is 87.0 Å². The highest BCUT2D eigenvalue weighted by Crippen LogP contribution is 2.25. The van der Waals surface area contributed by atoms with Gasteiger partial charge in [-0.15, -0.1) is 0 Å². The molecule has 1 aromatic carbocycles. The zero-order chi connectivity index (χ0) is 18.7. The third kappa shape index (κ3) is 3.90. The second-order valence-electron chi connectivity index (χ2n) is 6.53. The Hall–Kier alpha value is -2.35. The molecule has 3 rings (SSSR count). The van der Waals surface area contributed by atoms with Crippen LogP contribution >= 0.6 is 11.6 Å². The van der Waals surface area contributed by atoms with Gasteiger partial charge in [0, 0.05) is 50.4 Å². The number of carbonyl (C=O) groups is 2. The van der Waals surface area contributed by atoms with Gasteiger partial charge in [0.2, 0.25) is 0 Å². The number of likely N-dealkylation sites (tertiary alicyclic amines) is 1. The summed E-state index contributed by atoms with van der Waals surface area (Å²) < 4.78 is 0. The summed E-state index contributed by atoms with van der Waals surface area (Å²) in [5, 5.41) is 11.4. The fourth-order valence-electron chi connectivity index (χ4n) is 3.39. The van der Waals surface area contributed by atoms with Gasteiger partial charge in [0.25, 0.3) is 11.6 Å². The summed E-state index contributed by atoms with van der Waals surface area (Å²) in [6.45, 7) is 3.16. The number of hydrogen-bond donors (Lipinski definition) is 0. The summed E-state index contributed by atoms with van der Waals surface area (Å²) in [6, 6.07) is 4.06. The quantitative estimate of drug-likeness (QED) is 0.583. The molecule has 0 N–H and O–H groups in total. The SMILES string of the molecule is O=C(c1ccc(Cl)cc1[N+](=O)[O-])N1CCN(C(=O)N2CCCCC2)CC1. The Balaban J connectivity index is 1.64. The van der Waals surface area contributed by atoms with Gasteiger partial charge in [0.1, 0.15) is 5.56 Å². The van der Waals surface area contributed by atoms with E-state index in [0.29, 0.717) is 26.2 Å². The minimum atomic E-state index is -0.602. The van der Waals surface area contributed by atoms with Gasteiger partial charge in [-0.3, -0.25) is 14.9 Å². The normalized spacial score (nSPS) is 18.0. The second kappa shape index (κ2) is 7.90. The number of halogens is 1. The molecule has 0 unspecified atom stereocenters. The average Bonchev–Trinajstić information content (AvgIpc) is 2.67. The molecule has 9 heteroatoms. The number of piperazine rings is 1. The predicted octanol–water partition coefficient (Wildman–Crippen LogP) is 2.61. The molecule has 0 spiro atoms. The lowest BCUT2D eigenvalue weighted by atomic mass is 10.1. The van der Waals surface area contributed by atoms with E-state index in [1.165, 1.54) is 18.2 Å². The number of urea groups is 1. The van der Waals surface area contributed by atoms with Crippen molar-refractivity contribution in [3.8, 4) is 0 Å². The molecule has 0 aliphatic carbocycles. The van der Waals surface area contributed by atoms with E-state index in [2.05, 4.69) is 0 Å². The largest absolute Gasteiger partial charge is 0.335 e. The molecular formula is C17H21ClN4O4. The number of nitro groups is 1. The molecule has 2 aliphatic rings. The van der Waals surface area contributed by atoms with Crippen molar-refractivity contribution in [2.24, 2.45) is 0 Å². The van der Waals surface area contributed by atoms with E-state index >= 15 is 0 Å². The molecule has 0 saturated carbocycles. The molecule has 0 aromatic heterocycles. The summed E-state index contributed by atoms with van der Waals surface area (Å²) in [4.78, 5) is 41.0. The van der Waals surface area contributed by atoms with E-state index in [1.807, 2.05) is 4.90 Å². The average molecular weight is 381 g/mol. The molecule has 140 valence electrons. The lowest BCUT2D eigenvalue weighted by Crippen LogP contribution is -2.54. The van der Waals surface area contributed by atoms with Crippen molar-refractivity contribution in [1.29, 1.82) is 0 Å². The Kier molecular flexibility index (Phi) is 5.61. The van der Waals surface area contributed by atoms with Crippen molar-refractivity contribution >= 4 is 29.2 Å². The van der Waals surface area contributed by atoms with E-state index in [0.717, 1.165) is 32.4 Å². The van der Waals surface area contributed by atoms with Gasteiger partial charge in [-0.25, -0.2) is 4.79 Å². The summed E-state index contributed by atoms with van der Waals surface area (Å²) in [5.74, 6) is -0.404. The van der Waals surface area contributed by atoms with E-state index < -0.39 is 10.8 Å². The van der Waals surface area contributed by atoms with Crippen LogP contribution in [0, 0.1) is 10.1 Å². The molecule has 0 bridgehead atoms. The van der Waals surface area contributed by atoms with Crippen molar-refractivity contribution in [3.63, 3.8) is 0 Å². The highest BCUT2D eigenvalue weighted by molar-refractivity contribution is 6.31. The zero-order valence-corrected chi connectivity index (χ0v) is 15.2. The van der Waals surface area contributed by atoms with E-state index in [1.54, 1.807) is 9.80 Å². The Morgan fingerprint density at radius 1 is 0.923 bits per heavy atom. The molecule has 26 heavy (non-hydrogen) atoms. The molecule has 2 fully saturated rings. The highest BCUT2D eigenvalue weighted by atomic mass is 35.5. The van der Waals surface area contributed by atoms with Crippen LogP contribution < -0.4 is 0 Å². The van der Waals surface area contributed by atoms with Gasteiger partial charge in [-0.2, -0.15) is 0 Å². The molecule has 3 amide bonds. The number of rotatable bonds is 2. The molecule has 1 aromatic rings. The lowest BCUT2D eigenvalue weighted by Gasteiger charge is -2.38. The summed E-state index contributed by atoms with van der Waals surface area (Å²) >= 11 is 5.80. The van der Waals surface area contributed by atoms with Crippen molar-refractivity contribution < 1.29 is 14.5 Å². The summed E-state index contributed by atoms with van der Waals surface area (Å²) in [7, 11) is 0. The molecule has 0 atom stereocenters. The van der Waals surface area contributed by atoms with Crippen molar-refractivity contribution in [1.82, 2.24) is 14.7 Å². The number of nitro benzene ring substituents is 1. The minimum Gasteiger partial charge on any atom is -0.335 e. The third-order valence-electron chi connectivity index (χ3n) is 4.85. The Morgan fingerprint density at radius 2 is 1.50 bits per heavy atom. The van der Waals surface area contributed by atoms with E-state index in [9.17, 15) is 19.7 Å². The molecule has 2 saturated heterocycles. The maximum absolute atomic E-state index is 12.7. The van der Waals surface area contributed by atoms with Gasteiger partial charge < -0.3 is 14.7 Å². The first-order valence-corrected chi connectivity index (χ1v) is 9.12. The van der Waals surface area contributed by atoms with Crippen LogP contribution in [0.15, 0.2) is 18.2 Å². The number of nitrogens with zero attached hydrogens (tertiary/aromatic N) is 4. The lowest BCUT2D eigenvalue weighted by molar-refractivity contribution is -0.385. The monoisotopic (exact) mass is 380 g/mol. The molecule has 0 radical (unpaired) electrons. The molecule has 2 heterocycles. The number of carbonyl (C=O) groups excluding carboxylic acids is 2. The van der Waals surface area contributed by atoms with Crippen molar-refractivity contribution in [2.75, 3.05) is 39.3 Å². The first-order valence-electron chi connectivity index (χ1n) is 8.74. The molecular weight excluding hydrogens is 360 g/mol. The van der Waals surface area contributed by atoms with Crippen molar-refractivity contribution in [2.45, 2.75) is 19.3 Å². The zero-order valence-electron chi connectivity index (χ0n) is 14.4. The van der Waals surface area contributed by atoms with Crippen molar-refractivity contribution in [3.05, 3.63) is 38.9 Å². The smallest absolute Gasteiger partial charge is 0.320 e. The van der Waals surface area contributed by atoms with Gasteiger partial charge in [-0.05, 0) is 31.4 Å². The Morgan fingerprint density at radius 3 is 2.12 bits per heavy atom. The first-order chi connectivity index (χ1) is 12.5. The summed E-state index contributed by atoms with van der Waals surface area (Å²) in [5.41, 5.74) is -0.274. The van der Waals surface area contributed by atoms with Gasteiger partial charge in [0.15, 0.2) is 0 Å². The van der Waals surface area contributed by atoms with Crippen LogP contribution in [0.4, 0.5) is 10.5 Å². The number of amides is 3. The van der Waals surface area contributed by atoms with Crippen LogP contribution in [0.25, 0.3) is 0 Å². The Labute approximate surface area is 156 Å². The van der Waals surface area contributed by atoms with Crippen LogP contribution in [0.2, 0.25) is 5.02 Å². The predicted molar refractivity (Wildman–Crippen MR) is 96.4 cm³/mol. The van der Waals surface area contributed by atoms with Gasteiger partial charge in [-0.1, -0.05) is 11.6 Å². The van der Waals surface area contributed by atoms with Gasteiger partial charge in [0.05, 0.1) is 4.92 Å². The van der Waals surface area contributed by atoms with Crippen LogP contribution in [0.3, 0.4) is 0 Å². The third-order valence-corrected chi connectivity index (χ3v) is 5.09. The van der Waals surface area contributed by atoms with Gasteiger partial charge >= 0.3 is 6.03 Å². The van der Waals surface area contributed by atoms with E-state index in [-0.39, 0.29) is 22.3 Å². The standard InChI is InChI=1S/C17H21ClN4O4/c18-13-4-5-14(15(12-13)22(25)26)16(23)19-8-10-21(11-9-19)17(24)20-6-2-1-3-7-20/h4-5,12H,1-3,6-11H2. The minimum absolute atomic E-state index is 0.0225. The maximum atomic E-state index is 12.7. The van der Waals surface area contributed by atoms with Crippen LogP contribution in [0.5, 0.6) is 0 Å². The molecule has 2 aliphatic heterocycles. The number of hydrogen-bond acceptors (Lipinski definition) is 4. The number of benzene rings is 1. The van der Waals surface area contributed by atoms with Crippen LogP contribution in [0.1, 0.15) is 29.6 Å². The van der Waals surface area contributed by atoms with Crippen LogP contribution in [-0.4, -0.2) is 70.8 Å². The highest BCUT2D eigenvalue weighted by Gasteiger charge is 2.30. The summed E-state index contributed by atoms with van der Waals surface area (Å²) in [6.07, 6.45) is 3.22. The number of piperidine rings is 1. The second-order valence-corrected chi connectivity index (χ2v) is 6.96. The van der Waals surface area contributed by atoms with E-state index in [4.69, 9.17) is 11.6 Å². The fourth-order valence-corrected chi connectivity index (χ4v) is 3.56. The van der Waals surface area contributed by atoms with Crippen LogP contribution in [-0.2, 0) is 0 Å². The molecule has 8 nitrogen and oxygen atoms in total. The fraction of sp³-hybridized carbons (Fsp3) is 0.529. The maximum Gasteiger partial charge on any atom is 0.320 e. The Bertz CT molecular complexity index is 713.